The van der Waals surface area contributed by atoms with Crippen molar-refractivity contribution in [3.63, 3.8) is 0 Å². The maximum Gasteiger partial charge on any atom is 0.350 e. The van der Waals surface area contributed by atoms with Crippen LogP contribution >= 0.6 is 19.2 Å². The van der Waals surface area contributed by atoms with E-state index in [2.05, 4.69) is 16.0 Å². The van der Waals surface area contributed by atoms with E-state index < -0.39 is 38.5 Å². The summed E-state index contributed by atoms with van der Waals surface area (Å²) in [4.78, 5) is 24.3. The second-order valence-electron chi connectivity index (χ2n) is 8.57. The van der Waals surface area contributed by atoms with Crippen molar-refractivity contribution in [3.05, 3.63) is 23.0 Å². The number of aromatic nitrogens is 2. The minimum atomic E-state index is -4.37. The second kappa shape index (κ2) is 7.94. The van der Waals surface area contributed by atoms with Gasteiger partial charge in [0, 0.05) is 24.7 Å². The molecule has 2 aliphatic heterocycles. The molecule has 0 bridgehead atoms. The van der Waals surface area contributed by atoms with Crippen LogP contribution in [0.1, 0.15) is 18.2 Å². The van der Waals surface area contributed by atoms with Crippen LogP contribution in [0.25, 0.3) is 11.0 Å². The summed E-state index contributed by atoms with van der Waals surface area (Å²) in [6.45, 7) is 1.38. The van der Waals surface area contributed by atoms with Crippen molar-refractivity contribution < 1.29 is 34.0 Å². The van der Waals surface area contributed by atoms with Gasteiger partial charge in [0.2, 0.25) is 0 Å². The third-order valence-electron chi connectivity index (χ3n) is 6.35. The minimum Gasteiger partial charge on any atom is -0.387 e. The maximum absolute atomic E-state index is 11.0. The smallest absolute Gasteiger partial charge is 0.350 e. The molecule has 172 valence electrons. The normalized spacial score (nSPS) is 31.8. The van der Waals surface area contributed by atoms with Crippen molar-refractivity contribution in [3.8, 4) is 6.07 Å². The number of rotatable bonds is 6. The van der Waals surface area contributed by atoms with Gasteiger partial charge in [0.1, 0.15) is 41.9 Å². The van der Waals surface area contributed by atoms with Crippen LogP contribution < -0.4 is 4.90 Å². The van der Waals surface area contributed by atoms with E-state index in [0.29, 0.717) is 34.1 Å². The van der Waals surface area contributed by atoms with Crippen molar-refractivity contribution in [2.45, 2.75) is 31.0 Å². The quantitative estimate of drug-likeness (QED) is 0.340. The van der Waals surface area contributed by atoms with Crippen LogP contribution in [0, 0.1) is 23.2 Å². The fraction of sp³-hybridized carbons (Fsp3) is 0.579. The molecule has 4 N–H and O–H groups in total. The first-order valence-corrected chi connectivity index (χ1v) is 12.3. The van der Waals surface area contributed by atoms with E-state index in [-0.39, 0.29) is 11.8 Å². The van der Waals surface area contributed by atoms with Crippen molar-refractivity contribution in [1.82, 2.24) is 9.55 Å². The molecule has 13 heteroatoms. The number of nitrogens with zero attached hydrogens (tertiary/aromatic N) is 4. The molecule has 32 heavy (non-hydrogen) atoms. The first kappa shape index (κ1) is 22.1. The van der Waals surface area contributed by atoms with E-state index in [4.69, 9.17) is 30.9 Å². The van der Waals surface area contributed by atoms with E-state index in [0.717, 1.165) is 13.1 Å². The summed E-state index contributed by atoms with van der Waals surface area (Å²) in [7, 11) is -4.37. The summed E-state index contributed by atoms with van der Waals surface area (Å²) >= 11 is 6.35. The molecule has 1 saturated carbocycles. The number of fused-ring (bicyclic) bond motifs is 2. The average molecular weight is 485 g/mol. The summed E-state index contributed by atoms with van der Waals surface area (Å²) in [5.74, 6) is 1.27. The van der Waals surface area contributed by atoms with Gasteiger partial charge in [-0.05, 0) is 24.3 Å². The van der Waals surface area contributed by atoms with Crippen molar-refractivity contribution in [2.24, 2.45) is 11.8 Å². The van der Waals surface area contributed by atoms with Gasteiger partial charge in [0.25, 0.3) is 0 Å². The molecule has 2 saturated heterocycles. The van der Waals surface area contributed by atoms with Gasteiger partial charge in [0.15, 0.2) is 11.4 Å². The highest BCUT2D eigenvalue weighted by Crippen LogP contribution is 2.49. The number of nitriles is 1. The summed E-state index contributed by atoms with van der Waals surface area (Å²) in [6.07, 6.45) is -2.67. The third kappa shape index (κ3) is 3.81. The molecule has 3 aliphatic rings. The van der Waals surface area contributed by atoms with Gasteiger partial charge < -0.3 is 38.9 Å². The molecule has 2 aromatic rings. The van der Waals surface area contributed by atoms with Gasteiger partial charge in [0.05, 0.1) is 12.3 Å². The van der Waals surface area contributed by atoms with E-state index >= 15 is 0 Å². The number of hydrogen-bond donors (Lipinski definition) is 4. The lowest BCUT2D eigenvalue weighted by Crippen LogP contribution is -2.33. The lowest BCUT2D eigenvalue weighted by molar-refractivity contribution is -0.0610. The fourth-order valence-electron chi connectivity index (χ4n) is 4.72. The van der Waals surface area contributed by atoms with Crippen molar-refractivity contribution in [1.29, 1.82) is 5.26 Å². The third-order valence-corrected chi connectivity index (χ3v) is 7.14. The molecule has 2 unspecified atom stereocenters. The Hall–Kier alpha value is -1.74. The number of ether oxygens (including phenoxy) is 2. The monoisotopic (exact) mass is 484 g/mol. The first-order chi connectivity index (χ1) is 15.2. The molecule has 0 radical (unpaired) electrons. The van der Waals surface area contributed by atoms with Crippen LogP contribution in [-0.2, 0) is 14.0 Å². The Morgan fingerprint density at radius 1 is 1.31 bits per heavy atom. The average Bonchev–Trinajstić information content (AvgIpc) is 3.03. The molecule has 2 aromatic heterocycles. The number of hydrogen-bond acceptors (Lipinski definition) is 8. The Bertz CT molecular complexity index is 1140. The highest BCUT2D eigenvalue weighted by atomic mass is 35.5. The zero-order chi connectivity index (χ0) is 22.8. The van der Waals surface area contributed by atoms with Crippen LogP contribution in [-0.4, -0.2) is 73.9 Å². The van der Waals surface area contributed by atoms with Gasteiger partial charge in [-0.25, -0.2) is 4.98 Å². The molecule has 0 amide bonds. The minimum absolute atomic E-state index is 0.0464. The summed E-state index contributed by atoms with van der Waals surface area (Å²) < 4.78 is 23.2. The van der Waals surface area contributed by atoms with Crippen LogP contribution in [0.2, 0.25) is 5.15 Å². The number of anilines is 1. The highest BCUT2D eigenvalue weighted by molar-refractivity contribution is 7.51. The molecular formula is C19H22ClN4O7P. The van der Waals surface area contributed by atoms with Crippen LogP contribution in [0.4, 0.5) is 5.69 Å². The van der Waals surface area contributed by atoms with Gasteiger partial charge in [-0.2, -0.15) is 5.26 Å². The van der Waals surface area contributed by atoms with E-state index in [1.165, 1.54) is 6.42 Å². The highest BCUT2D eigenvalue weighted by Gasteiger charge is 2.47. The van der Waals surface area contributed by atoms with Crippen LogP contribution in [0.5, 0.6) is 0 Å². The van der Waals surface area contributed by atoms with Crippen LogP contribution in [0.15, 0.2) is 12.3 Å². The van der Waals surface area contributed by atoms with Gasteiger partial charge >= 0.3 is 7.60 Å². The Labute approximate surface area is 187 Å². The fourth-order valence-corrected chi connectivity index (χ4v) is 5.28. The van der Waals surface area contributed by atoms with E-state index in [9.17, 15) is 20.0 Å². The van der Waals surface area contributed by atoms with Gasteiger partial charge in [-0.3, -0.25) is 4.57 Å². The SMILES string of the molecule is N#Cc1c(Cl)nc2c(ccn2[C@@H]2O[C@H](COCP(=O)(O)O)[C@@H](O)[C@H]2O)c1N1CC2CC2C1. The predicted molar refractivity (Wildman–Crippen MR) is 112 cm³/mol. The lowest BCUT2D eigenvalue weighted by atomic mass is 10.1. The van der Waals surface area contributed by atoms with Crippen LogP contribution in [0.3, 0.4) is 0 Å². The van der Waals surface area contributed by atoms with E-state index in [1.807, 2.05) is 0 Å². The molecule has 0 aromatic carbocycles. The molecule has 11 nitrogen and oxygen atoms in total. The van der Waals surface area contributed by atoms with Gasteiger partial charge in [-0.15, -0.1) is 0 Å². The number of halogens is 1. The van der Waals surface area contributed by atoms with Gasteiger partial charge in [-0.1, -0.05) is 11.6 Å². The Balaban J connectivity index is 1.45. The Morgan fingerprint density at radius 3 is 2.69 bits per heavy atom. The molecule has 0 spiro atoms. The number of aliphatic hydroxyl groups is 2. The standard InChI is InChI=1S/C19H22ClN4O7P/c20-17-12(4-21)14(23-5-9-3-10(9)6-23)11-1-2-24(18(11)22-17)19-16(26)15(25)13(31-19)7-30-8-32(27,28)29/h1-2,9-10,13,15-16,19,25-26H,3,5-8H2,(H2,27,28,29)/t9?,10?,13-,15-,16-,19-/m1/s1. The molecule has 4 heterocycles. The van der Waals surface area contributed by atoms with E-state index in [1.54, 1.807) is 16.8 Å². The first-order valence-electron chi connectivity index (χ1n) is 10.2. The lowest BCUT2D eigenvalue weighted by Gasteiger charge is -2.23. The summed E-state index contributed by atoms with van der Waals surface area (Å²) in [6, 6.07) is 3.93. The molecule has 6 atom stereocenters. The molecule has 5 rings (SSSR count). The number of pyridine rings is 1. The molecule has 1 aliphatic carbocycles. The van der Waals surface area contributed by atoms with Crippen molar-refractivity contribution in [2.75, 3.05) is 30.9 Å². The zero-order valence-electron chi connectivity index (χ0n) is 16.8. The Morgan fingerprint density at radius 2 is 2.03 bits per heavy atom. The topological polar surface area (TPSA) is 161 Å². The zero-order valence-corrected chi connectivity index (χ0v) is 18.4. The predicted octanol–water partition coefficient (Wildman–Crippen LogP) is 0.788. The number of aliphatic hydroxyl groups excluding tert-OH is 2. The largest absolute Gasteiger partial charge is 0.387 e. The summed E-state index contributed by atoms with van der Waals surface area (Å²) in [5, 5.41) is 31.4. The van der Waals surface area contributed by atoms with Crippen molar-refractivity contribution >= 4 is 35.9 Å². The summed E-state index contributed by atoms with van der Waals surface area (Å²) in [5.41, 5.74) is 1.41. The second-order valence-corrected chi connectivity index (χ2v) is 10.5. The molecular weight excluding hydrogens is 463 g/mol. The maximum atomic E-state index is 11.0. The number of piperidine rings is 1. The Kier molecular flexibility index (Phi) is 5.47. The molecule has 3 fully saturated rings.